The highest BCUT2D eigenvalue weighted by atomic mass is 127. The van der Waals surface area contributed by atoms with Gasteiger partial charge in [-0.2, -0.15) is 0 Å². The van der Waals surface area contributed by atoms with Crippen molar-refractivity contribution in [2.75, 3.05) is 13.1 Å². The van der Waals surface area contributed by atoms with Crippen molar-refractivity contribution in [1.82, 2.24) is 10.6 Å². The second kappa shape index (κ2) is 8.60. The van der Waals surface area contributed by atoms with Crippen molar-refractivity contribution in [3.8, 4) is 0 Å². The van der Waals surface area contributed by atoms with Crippen molar-refractivity contribution < 1.29 is 19.1 Å². The predicted molar refractivity (Wildman–Crippen MR) is 85.7 cm³/mol. The molecule has 1 aromatic rings. The van der Waals surface area contributed by atoms with Gasteiger partial charge in [-0.25, -0.2) is 0 Å². The molecule has 0 aliphatic heterocycles. The standard InChI is InChI=1S/C14H17IN2O4/c1-3-16-13(19)9(2)21-12(18)8-17-14(20)10-6-4-5-7-11(10)15/h4-7,9H,3,8H2,1-2H3,(H,16,19)(H,17,20)/t9-/m1/s1. The van der Waals surface area contributed by atoms with Crippen molar-refractivity contribution in [3.63, 3.8) is 0 Å². The minimum absolute atomic E-state index is 0.284. The van der Waals surface area contributed by atoms with E-state index >= 15 is 0 Å². The zero-order valence-corrected chi connectivity index (χ0v) is 14.0. The Balaban J connectivity index is 2.45. The second-order valence-corrected chi connectivity index (χ2v) is 5.35. The number of halogens is 1. The first-order chi connectivity index (χ1) is 9.95. The first-order valence-electron chi connectivity index (χ1n) is 6.45. The van der Waals surface area contributed by atoms with E-state index in [0.717, 1.165) is 3.57 Å². The van der Waals surface area contributed by atoms with Crippen LogP contribution < -0.4 is 10.6 Å². The van der Waals surface area contributed by atoms with E-state index in [1.807, 2.05) is 28.7 Å². The maximum absolute atomic E-state index is 11.9. The maximum Gasteiger partial charge on any atom is 0.326 e. The Morgan fingerprint density at radius 2 is 1.90 bits per heavy atom. The monoisotopic (exact) mass is 404 g/mol. The van der Waals surface area contributed by atoms with Crippen molar-refractivity contribution in [2.24, 2.45) is 0 Å². The summed E-state index contributed by atoms with van der Waals surface area (Å²) in [4.78, 5) is 34.9. The van der Waals surface area contributed by atoms with Crippen LogP contribution in [-0.4, -0.2) is 37.0 Å². The molecule has 114 valence electrons. The molecule has 1 rings (SSSR count). The number of carbonyl (C=O) groups excluding carboxylic acids is 3. The molecule has 1 atom stereocenters. The summed E-state index contributed by atoms with van der Waals surface area (Å²) in [7, 11) is 0. The van der Waals surface area contributed by atoms with Gasteiger partial charge in [0, 0.05) is 10.1 Å². The molecule has 1 aromatic carbocycles. The van der Waals surface area contributed by atoms with Crippen molar-refractivity contribution in [1.29, 1.82) is 0 Å². The maximum atomic E-state index is 11.9. The van der Waals surface area contributed by atoms with Crippen LogP contribution in [0, 0.1) is 3.57 Å². The number of esters is 1. The number of benzene rings is 1. The molecule has 21 heavy (non-hydrogen) atoms. The van der Waals surface area contributed by atoms with Crippen LogP contribution in [0.15, 0.2) is 24.3 Å². The van der Waals surface area contributed by atoms with Gasteiger partial charge in [-0.1, -0.05) is 12.1 Å². The summed E-state index contributed by atoms with van der Waals surface area (Å²) >= 11 is 2.04. The quantitative estimate of drug-likeness (QED) is 0.549. The largest absolute Gasteiger partial charge is 0.451 e. The van der Waals surface area contributed by atoms with Crippen LogP contribution in [0.3, 0.4) is 0 Å². The van der Waals surface area contributed by atoms with Gasteiger partial charge in [0.1, 0.15) is 6.54 Å². The first kappa shape index (κ1) is 17.4. The molecule has 0 saturated carbocycles. The average molecular weight is 404 g/mol. The van der Waals surface area contributed by atoms with Gasteiger partial charge >= 0.3 is 5.97 Å². The smallest absolute Gasteiger partial charge is 0.326 e. The topological polar surface area (TPSA) is 84.5 Å². The van der Waals surface area contributed by atoms with E-state index in [4.69, 9.17) is 4.74 Å². The van der Waals surface area contributed by atoms with E-state index in [1.165, 1.54) is 6.92 Å². The Morgan fingerprint density at radius 1 is 1.24 bits per heavy atom. The number of nitrogens with one attached hydrogen (secondary N) is 2. The lowest BCUT2D eigenvalue weighted by Gasteiger charge is -2.13. The highest BCUT2D eigenvalue weighted by Gasteiger charge is 2.17. The normalized spacial score (nSPS) is 11.4. The molecule has 0 aliphatic carbocycles. The molecule has 6 nitrogen and oxygen atoms in total. The molecule has 0 aromatic heterocycles. The van der Waals surface area contributed by atoms with Gasteiger partial charge in [0.05, 0.1) is 5.56 Å². The van der Waals surface area contributed by atoms with Gasteiger partial charge in [-0.05, 0) is 48.6 Å². The van der Waals surface area contributed by atoms with Crippen molar-refractivity contribution >= 4 is 40.4 Å². The third kappa shape index (κ3) is 5.70. The van der Waals surface area contributed by atoms with E-state index in [-0.39, 0.29) is 18.4 Å². The molecule has 2 N–H and O–H groups in total. The Kier molecular flexibility index (Phi) is 7.13. The first-order valence-corrected chi connectivity index (χ1v) is 7.53. The molecule has 0 bridgehead atoms. The molecular weight excluding hydrogens is 387 g/mol. The Labute approximate surface area is 136 Å². The van der Waals surface area contributed by atoms with Gasteiger partial charge < -0.3 is 15.4 Å². The van der Waals surface area contributed by atoms with E-state index in [9.17, 15) is 14.4 Å². The lowest BCUT2D eigenvalue weighted by Crippen LogP contribution is -2.38. The SMILES string of the molecule is CCNC(=O)[C@@H](C)OC(=O)CNC(=O)c1ccccc1I. The highest BCUT2D eigenvalue weighted by Crippen LogP contribution is 2.10. The van der Waals surface area contributed by atoms with Crippen LogP contribution in [0.2, 0.25) is 0 Å². The van der Waals surface area contributed by atoms with E-state index in [0.29, 0.717) is 12.1 Å². The van der Waals surface area contributed by atoms with Gasteiger partial charge in [-0.15, -0.1) is 0 Å². The van der Waals surface area contributed by atoms with Gasteiger partial charge in [0.15, 0.2) is 6.10 Å². The number of likely N-dealkylation sites (N-methyl/N-ethyl adjacent to an activating group) is 1. The molecule has 0 fully saturated rings. The minimum Gasteiger partial charge on any atom is -0.451 e. The number of amides is 2. The van der Waals surface area contributed by atoms with Gasteiger partial charge in [-0.3, -0.25) is 14.4 Å². The van der Waals surface area contributed by atoms with Crippen LogP contribution in [0.5, 0.6) is 0 Å². The predicted octanol–water partition coefficient (Wildman–Crippen LogP) is 1.09. The molecule has 0 heterocycles. The van der Waals surface area contributed by atoms with Gasteiger partial charge in [0.25, 0.3) is 11.8 Å². The van der Waals surface area contributed by atoms with Crippen LogP contribution in [0.1, 0.15) is 24.2 Å². The summed E-state index contributed by atoms with van der Waals surface area (Å²) in [6, 6.07) is 7.03. The Bertz CT molecular complexity index is 533. The molecule has 0 unspecified atom stereocenters. The van der Waals surface area contributed by atoms with E-state index < -0.39 is 12.1 Å². The fourth-order valence-electron chi connectivity index (χ4n) is 1.50. The van der Waals surface area contributed by atoms with Crippen LogP contribution in [-0.2, 0) is 14.3 Å². The molecule has 0 saturated heterocycles. The second-order valence-electron chi connectivity index (χ2n) is 4.19. The minimum atomic E-state index is -0.883. The fraction of sp³-hybridized carbons (Fsp3) is 0.357. The summed E-state index contributed by atoms with van der Waals surface area (Å²) < 4.78 is 5.70. The lowest BCUT2D eigenvalue weighted by atomic mass is 10.2. The van der Waals surface area contributed by atoms with Crippen LogP contribution >= 0.6 is 22.6 Å². The lowest BCUT2D eigenvalue weighted by molar-refractivity contribution is -0.153. The number of rotatable bonds is 6. The van der Waals surface area contributed by atoms with E-state index in [1.54, 1.807) is 25.1 Å². The number of hydrogen-bond acceptors (Lipinski definition) is 4. The van der Waals surface area contributed by atoms with Crippen LogP contribution in [0.25, 0.3) is 0 Å². The third-order valence-corrected chi connectivity index (χ3v) is 3.48. The summed E-state index contributed by atoms with van der Waals surface area (Å²) in [6.45, 7) is 3.43. The van der Waals surface area contributed by atoms with E-state index in [2.05, 4.69) is 10.6 Å². The summed E-state index contributed by atoms with van der Waals surface area (Å²) in [5.41, 5.74) is 0.489. The zero-order chi connectivity index (χ0) is 15.8. The van der Waals surface area contributed by atoms with Crippen molar-refractivity contribution in [2.45, 2.75) is 20.0 Å². The summed E-state index contributed by atoms with van der Waals surface area (Å²) in [5.74, 6) is -1.38. The molecular formula is C14H17IN2O4. The summed E-state index contributed by atoms with van der Waals surface area (Å²) in [6.07, 6.45) is -0.883. The molecule has 7 heteroatoms. The van der Waals surface area contributed by atoms with Crippen LogP contribution in [0.4, 0.5) is 0 Å². The summed E-state index contributed by atoms with van der Waals surface area (Å²) in [5, 5.41) is 5.01. The van der Waals surface area contributed by atoms with Crippen molar-refractivity contribution in [3.05, 3.63) is 33.4 Å². The molecule has 0 spiro atoms. The van der Waals surface area contributed by atoms with Gasteiger partial charge in [0.2, 0.25) is 0 Å². The zero-order valence-electron chi connectivity index (χ0n) is 11.8. The molecule has 0 radical (unpaired) electrons. The Hall–Kier alpha value is -1.64. The third-order valence-electron chi connectivity index (χ3n) is 2.54. The Morgan fingerprint density at radius 3 is 2.52 bits per heavy atom. The molecule has 0 aliphatic rings. The average Bonchev–Trinajstić information content (AvgIpc) is 2.45. The highest BCUT2D eigenvalue weighted by molar-refractivity contribution is 14.1. The number of hydrogen-bond donors (Lipinski definition) is 2. The fourth-order valence-corrected chi connectivity index (χ4v) is 2.14. The molecule has 2 amide bonds. The number of ether oxygens (including phenoxy) is 1. The number of carbonyl (C=O) groups is 3.